The minimum absolute atomic E-state index is 0.0301. The van der Waals surface area contributed by atoms with E-state index in [-0.39, 0.29) is 11.6 Å². The van der Waals surface area contributed by atoms with Gasteiger partial charge in [-0.05, 0) is 24.6 Å². The molecule has 3 rings (SSSR count). The first-order chi connectivity index (χ1) is 11.6. The van der Waals surface area contributed by atoms with E-state index in [0.717, 1.165) is 5.56 Å². The molecule has 0 aliphatic rings. The van der Waals surface area contributed by atoms with Crippen molar-refractivity contribution in [3.8, 4) is 11.5 Å². The van der Waals surface area contributed by atoms with Crippen LogP contribution in [0.4, 0.5) is 0 Å². The molecule has 0 saturated heterocycles. The number of carbonyl (C=O) groups excluding carboxylic acids is 1. The Morgan fingerprint density at radius 1 is 1.08 bits per heavy atom. The number of nitrogens with zero attached hydrogens (tertiary/aromatic N) is 2. The summed E-state index contributed by atoms with van der Waals surface area (Å²) in [6.45, 7) is 1.86. The predicted octanol–water partition coefficient (Wildman–Crippen LogP) is 2.32. The summed E-state index contributed by atoms with van der Waals surface area (Å²) < 4.78 is 0. The monoisotopic (exact) mass is 320 g/mol. The minimum atomic E-state index is -0.497. The molecule has 1 amide bonds. The topological polar surface area (TPSA) is 87.7 Å². The number of hydrogen-bond acceptors (Lipinski definition) is 4. The number of hydrogen-bond donors (Lipinski definition) is 2. The minimum Gasteiger partial charge on any atom is -0.345 e. The first-order valence-electron chi connectivity index (χ1n) is 7.51. The molecular weight excluding hydrogens is 304 g/mol. The molecule has 0 unspecified atom stereocenters. The summed E-state index contributed by atoms with van der Waals surface area (Å²) in [5, 5.41) is 2.80. The van der Waals surface area contributed by atoms with Crippen LogP contribution in [0.15, 0.2) is 65.7 Å². The summed E-state index contributed by atoms with van der Waals surface area (Å²) in [5.41, 5.74) is 0.973. The molecular formula is C18H16N4O2. The van der Waals surface area contributed by atoms with Gasteiger partial charge in [0.05, 0.1) is 6.04 Å². The van der Waals surface area contributed by atoms with Crippen molar-refractivity contribution in [2.75, 3.05) is 0 Å². The highest BCUT2D eigenvalue weighted by Gasteiger charge is 2.15. The Labute approximate surface area is 138 Å². The third-order valence-electron chi connectivity index (χ3n) is 3.60. The molecule has 0 spiro atoms. The number of aromatic nitrogens is 3. The van der Waals surface area contributed by atoms with Crippen molar-refractivity contribution in [2.45, 2.75) is 13.0 Å². The van der Waals surface area contributed by atoms with Gasteiger partial charge in [0.1, 0.15) is 11.3 Å². The maximum Gasteiger partial charge on any atom is 0.264 e. The first-order valence-corrected chi connectivity index (χ1v) is 7.51. The van der Waals surface area contributed by atoms with Gasteiger partial charge in [0.15, 0.2) is 5.82 Å². The lowest BCUT2D eigenvalue weighted by Crippen LogP contribution is -2.32. The zero-order valence-electron chi connectivity index (χ0n) is 13.1. The lowest BCUT2D eigenvalue weighted by atomic mass is 10.1. The second-order valence-electron chi connectivity index (χ2n) is 5.30. The lowest BCUT2D eigenvalue weighted by molar-refractivity contribution is 0.0938. The number of carbonyl (C=O) groups is 1. The summed E-state index contributed by atoms with van der Waals surface area (Å²) in [5.74, 6) is -0.138. The van der Waals surface area contributed by atoms with Gasteiger partial charge in [-0.2, -0.15) is 0 Å². The van der Waals surface area contributed by atoms with Crippen LogP contribution in [0.1, 0.15) is 28.9 Å². The van der Waals surface area contributed by atoms with E-state index < -0.39 is 11.5 Å². The third-order valence-corrected chi connectivity index (χ3v) is 3.60. The average molecular weight is 320 g/mol. The quantitative estimate of drug-likeness (QED) is 0.772. The zero-order chi connectivity index (χ0) is 16.9. The van der Waals surface area contributed by atoms with Gasteiger partial charge in [-0.25, -0.2) is 4.98 Å². The highest BCUT2D eigenvalue weighted by Crippen LogP contribution is 2.12. The van der Waals surface area contributed by atoms with Gasteiger partial charge in [-0.1, -0.05) is 36.4 Å². The lowest BCUT2D eigenvalue weighted by Gasteiger charge is -2.13. The summed E-state index contributed by atoms with van der Waals surface area (Å²) in [7, 11) is 0. The van der Waals surface area contributed by atoms with Gasteiger partial charge in [0, 0.05) is 12.4 Å². The fourth-order valence-corrected chi connectivity index (χ4v) is 2.29. The van der Waals surface area contributed by atoms with Gasteiger partial charge in [0.2, 0.25) is 0 Å². The smallest absolute Gasteiger partial charge is 0.264 e. The standard InChI is InChI=1S/C18H16N4O2/c1-12(13-7-3-2-4-8-13)21-17(23)14-11-20-16(22-18(14)24)15-9-5-6-10-19-15/h2-12H,1H3,(H,21,23)(H,20,22,24)/t12-/m1/s1. The average Bonchev–Trinajstić information content (AvgIpc) is 2.63. The van der Waals surface area contributed by atoms with E-state index in [2.05, 4.69) is 20.3 Å². The Hall–Kier alpha value is -3.28. The number of benzene rings is 1. The molecule has 0 saturated carbocycles. The van der Waals surface area contributed by atoms with Crippen molar-refractivity contribution in [2.24, 2.45) is 0 Å². The van der Waals surface area contributed by atoms with Crippen molar-refractivity contribution in [3.63, 3.8) is 0 Å². The van der Waals surface area contributed by atoms with E-state index in [0.29, 0.717) is 11.5 Å². The SMILES string of the molecule is C[C@@H](NC(=O)c1cnc(-c2ccccn2)[nH]c1=O)c1ccccc1. The fraction of sp³-hybridized carbons (Fsp3) is 0.111. The Kier molecular flexibility index (Phi) is 4.47. The van der Waals surface area contributed by atoms with Gasteiger partial charge < -0.3 is 10.3 Å². The molecule has 6 heteroatoms. The highest BCUT2D eigenvalue weighted by molar-refractivity contribution is 5.93. The van der Waals surface area contributed by atoms with Crippen LogP contribution in [0.5, 0.6) is 0 Å². The molecule has 24 heavy (non-hydrogen) atoms. The Morgan fingerprint density at radius 2 is 1.83 bits per heavy atom. The molecule has 1 atom stereocenters. The van der Waals surface area contributed by atoms with Crippen molar-refractivity contribution in [1.29, 1.82) is 0 Å². The van der Waals surface area contributed by atoms with E-state index in [1.807, 2.05) is 37.3 Å². The van der Waals surface area contributed by atoms with Crippen molar-refractivity contribution in [3.05, 3.63) is 82.4 Å². The van der Waals surface area contributed by atoms with Gasteiger partial charge >= 0.3 is 0 Å². The van der Waals surface area contributed by atoms with E-state index in [1.54, 1.807) is 24.4 Å². The number of nitrogens with one attached hydrogen (secondary N) is 2. The number of H-pyrrole nitrogens is 1. The van der Waals surface area contributed by atoms with Crippen LogP contribution < -0.4 is 10.9 Å². The molecule has 2 N–H and O–H groups in total. The number of pyridine rings is 1. The molecule has 120 valence electrons. The molecule has 0 aliphatic carbocycles. The molecule has 0 bridgehead atoms. The van der Waals surface area contributed by atoms with Crippen LogP contribution in [-0.4, -0.2) is 20.9 Å². The second-order valence-corrected chi connectivity index (χ2v) is 5.30. The molecule has 0 radical (unpaired) electrons. The molecule has 3 aromatic rings. The van der Waals surface area contributed by atoms with E-state index in [1.165, 1.54) is 6.20 Å². The molecule has 0 aliphatic heterocycles. The Morgan fingerprint density at radius 3 is 2.50 bits per heavy atom. The highest BCUT2D eigenvalue weighted by atomic mass is 16.2. The second kappa shape index (κ2) is 6.87. The molecule has 6 nitrogen and oxygen atoms in total. The van der Waals surface area contributed by atoms with Gasteiger partial charge in [-0.15, -0.1) is 0 Å². The largest absolute Gasteiger partial charge is 0.345 e. The summed E-state index contributed by atoms with van der Waals surface area (Å²) in [4.78, 5) is 35.3. The van der Waals surface area contributed by atoms with E-state index in [4.69, 9.17) is 0 Å². The Bertz CT molecular complexity index is 892. The van der Waals surface area contributed by atoms with Crippen LogP contribution in [0.3, 0.4) is 0 Å². The molecule has 2 aromatic heterocycles. The van der Waals surface area contributed by atoms with Crippen molar-refractivity contribution >= 4 is 5.91 Å². The summed E-state index contributed by atoms with van der Waals surface area (Å²) >= 11 is 0. The van der Waals surface area contributed by atoms with Crippen LogP contribution in [0.2, 0.25) is 0 Å². The van der Waals surface area contributed by atoms with Crippen LogP contribution in [0.25, 0.3) is 11.5 Å². The predicted molar refractivity (Wildman–Crippen MR) is 90.4 cm³/mol. The Balaban J connectivity index is 1.80. The molecule has 1 aromatic carbocycles. The maximum atomic E-state index is 12.3. The van der Waals surface area contributed by atoms with E-state index >= 15 is 0 Å². The normalized spacial score (nSPS) is 11.7. The molecule has 0 fully saturated rings. The van der Waals surface area contributed by atoms with E-state index in [9.17, 15) is 9.59 Å². The number of amides is 1. The summed E-state index contributed by atoms with van der Waals surface area (Å²) in [6.07, 6.45) is 2.88. The maximum absolute atomic E-state index is 12.3. The van der Waals surface area contributed by atoms with Crippen LogP contribution in [-0.2, 0) is 0 Å². The number of aromatic amines is 1. The van der Waals surface area contributed by atoms with Gasteiger partial charge in [-0.3, -0.25) is 14.6 Å². The zero-order valence-corrected chi connectivity index (χ0v) is 13.1. The number of rotatable bonds is 4. The summed E-state index contributed by atoms with van der Waals surface area (Å²) in [6, 6.07) is 14.6. The fourth-order valence-electron chi connectivity index (χ4n) is 2.29. The van der Waals surface area contributed by atoms with Crippen LogP contribution >= 0.6 is 0 Å². The van der Waals surface area contributed by atoms with Crippen molar-refractivity contribution in [1.82, 2.24) is 20.3 Å². The first kappa shape index (κ1) is 15.6. The third kappa shape index (κ3) is 3.38. The van der Waals surface area contributed by atoms with Crippen molar-refractivity contribution < 1.29 is 4.79 Å². The van der Waals surface area contributed by atoms with Crippen LogP contribution in [0, 0.1) is 0 Å². The van der Waals surface area contributed by atoms with Gasteiger partial charge in [0.25, 0.3) is 11.5 Å². The molecule has 2 heterocycles.